The Labute approximate surface area is 186 Å². The lowest BCUT2D eigenvalue weighted by atomic mass is 9.84. The smallest absolute Gasteiger partial charge is 0.215 e. The molecule has 0 aromatic carbocycles. The van der Waals surface area contributed by atoms with Gasteiger partial charge in [0.05, 0.1) is 18.7 Å². The van der Waals surface area contributed by atoms with Crippen LogP contribution in [0.4, 0.5) is 0 Å². The minimum atomic E-state index is -1.31. The molecular weight excluding hydrogens is 426 g/mol. The summed E-state index contributed by atoms with van der Waals surface area (Å²) in [6.45, 7) is 1.44. The molecule has 11 atom stereocenters. The fourth-order valence-electron chi connectivity index (χ4n) is 4.42. The first-order valence-corrected chi connectivity index (χ1v) is 10.6. The molecule has 0 bridgehead atoms. The summed E-state index contributed by atoms with van der Waals surface area (Å²) < 4.78 is 22.9. The summed E-state index contributed by atoms with van der Waals surface area (Å²) in [6.07, 6.45) is -3.10. The molecule has 0 radical (unpaired) electrons. The Hall–Kier alpha value is -1.39. The molecule has 0 amide bonds. The van der Waals surface area contributed by atoms with Crippen molar-refractivity contribution in [2.45, 2.75) is 86.5 Å². The van der Waals surface area contributed by atoms with Gasteiger partial charge < -0.3 is 62.0 Å². The fraction of sp³-hybridized carbons (Fsp3) is 0.842. The lowest BCUT2D eigenvalue weighted by Gasteiger charge is -2.48. The van der Waals surface area contributed by atoms with Gasteiger partial charge in [0.2, 0.25) is 6.29 Å². The molecule has 0 aromatic heterocycles. The molecule has 1 saturated heterocycles. The van der Waals surface area contributed by atoms with E-state index in [0.29, 0.717) is 6.42 Å². The zero-order valence-electron chi connectivity index (χ0n) is 18.2. The van der Waals surface area contributed by atoms with Crippen LogP contribution in [0, 0.1) is 0 Å². The van der Waals surface area contributed by atoms with Crippen molar-refractivity contribution in [2.75, 3.05) is 13.7 Å². The van der Waals surface area contributed by atoms with Gasteiger partial charge in [-0.05, 0) is 32.9 Å². The molecule has 0 aromatic rings. The van der Waals surface area contributed by atoms with E-state index in [1.807, 2.05) is 0 Å². The van der Waals surface area contributed by atoms with Crippen molar-refractivity contribution in [3.8, 4) is 0 Å². The number of nitrogens with two attached hydrogens (primary N) is 3. The highest BCUT2D eigenvalue weighted by molar-refractivity contribution is 5.75. The highest BCUT2D eigenvalue weighted by Crippen LogP contribution is 2.31. The summed E-state index contributed by atoms with van der Waals surface area (Å²) >= 11 is 0. The van der Waals surface area contributed by atoms with Crippen LogP contribution >= 0.6 is 0 Å². The van der Waals surface area contributed by atoms with Crippen molar-refractivity contribution in [1.82, 2.24) is 5.32 Å². The van der Waals surface area contributed by atoms with Crippen LogP contribution in [0.15, 0.2) is 17.0 Å². The normalized spacial score (nSPS) is 47.8. The number of aliphatic hydroxyl groups excluding tert-OH is 2. The zero-order valence-corrected chi connectivity index (χ0v) is 18.2. The van der Waals surface area contributed by atoms with Gasteiger partial charge in [-0.1, -0.05) is 5.16 Å². The second-order valence-corrected chi connectivity index (χ2v) is 8.79. The third-order valence-electron chi connectivity index (χ3n) is 6.16. The second kappa shape index (κ2) is 10.3. The molecule has 0 spiro atoms. The maximum atomic E-state index is 11.0. The van der Waals surface area contributed by atoms with Crippen LogP contribution in [-0.2, 0) is 18.9 Å². The molecule has 13 nitrogen and oxygen atoms in total. The Morgan fingerprint density at radius 3 is 2.34 bits per heavy atom. The molecular formula is C19H35N5O8. The van der Waals surface area contributed by atoms with Gasteiger partial charge in [0.25, 0.3) is 0 Å². The minimum absolute atomic E-state index is 0.0932. The van der Waals surface area contributed by atoms with Gasteiger partial charge in [0.1, 0.15) is 42.0 Å². The Kier molecular flexibility index (Phi) is 8.09. The highest BCUT2D eigenvalue weighted by atomic mass is 16.7. The van der Waals surface area contributed by atoms with Crippen molar-refractivity contribution in [3.63, 3.8) is 0 Å². The third kappa shape index (κ3) is 5.22. The number of nitrogens with zero attached hydrogens (tertiary/aromatic N) is 1. The average Bonchev–Trinajstić information content (AvgIpc) is 2.72. The van der Waals surface area contributed by atoms with Crippen molar-refractivity contribution < 1.29 is 39.5 Å². The van der Waals surface area contributed by atoms with E-state index < -0.39 is 66.8 Å². The van der Waals surface area contributed by atoms with E-state index in [9.17, 15) is 15.3 Å². The van der Waals surface area contributed by atoms with Crippen LogP contribution in [0.2, 0.25) is 0 Å². The van der Waals surface area contributed by atoms with Gasteiger partial charge >= 0.3 is 0 Å². The first-order valence-electron chi connectivity index (χ1n) is 10.6. The summed E-state index contributed by atoms with van der Waals surface area (Å²) in [4.78, 5) is 0. The van der Waals surface area contributed by atoms with Gasteiger partial charge in [-0.2, -0.15) is 0 Å². The highest BCUT2D eigenvalue weighted by Gasteiger charge is 2.50. The number of hydrogen-bond acceptors (Lipinski definition) is 13. The van der Waals surface area contributed by atoms with Crippen LogP contribution < -0.4 is 22.5 Å². The quantitative estimate of drug-likeness (QED) is 0.110. The van der Waals surface area contributed by atoms with Gasteiger partial charge in [-0.25, -0.2) is 0 Å². The average molecular weight is 462 g/mol. The standard InChI is InChI=1S/C19H35N5O8/c1-19(27)7-29-18(13(26)16(19)23-2)32-15-11(22)5-10(21)14(12(15)25)31-17-9(20)4-3-8(30-17)6-24-28/h3,6,9-18,23,25-28H,4-5,7,20-22H2,1-2H3/b24-6-/t9-,10+,11-,12+,13-,14-,15+,16-,17-,18-,19+/m1/s1. The summed E-state index contributed by atoms with van der Waals surface area (Å²) in [5, 5.41) is 46.6. The zero-order chi connectivity index (χ0) is 23.6. The maximum absolute atomic E-state index is 11.0. The summed E-state index contributed by atoms with van der Waals surface area (Å²) in [6, 6.07) is -2.56. The van der Waals surface area contributed by atoms with E-state index in [2.05, 4.69) is 10.5 Å². The van der Waals surface area contributed by atoms with Gasteiger partial charge in [0.15, 0.2) is 6.29 Å². The lowest BCUT2D eigenvalue weighted by molar-refractivity contribution is -0.302. The van der Waals surface area contributed by atoms with Crippen molar-refractivity contribution >= 4 is 6.21 Å². The number of hydrogen-bond donors (Lipinski definition) is 8. The molecule has 2 heterocycles. The monoisotopic (exact) mass is 461 g/mol. The minimum Gasteiger partial charge on any atom is -0.462 e. The van der Waals surface area contributed by atoms with Crippen molar-refractivity contribution in [1.29, 1.82) is 0 Å². The van der Waals surface area contributed by atoms with E-state index in [0.717, 1.165) is 6.21 Å². The molecule has 13 heteroatoms. The summed E-state index contributed by atoms with van der Waals surface area (Å²) in [5.74, 6) is 0.270. The second-order valence-electron chi connectivity index (χ2n) is 8.79. The van der Waals surface area contributed by atoms with Crippen molar-refractivity contribution in [2.24, 2.45) is 22.4 Å². The predicted octanol–water partition coefficient (Wildman–Crippen LogP) is -3.35. The van der Waals surface area contributed by atoms with E-state index in [1.165, 1.54) is 6.92 Å². The number of ether oxygens (including phenoxy) is 4. The molecule has 11 N–H and O–H groups in total. The number of oxime groups is 1. The topological polar surface area (TPSA) is 220 Å². The van der Waals surface area contributed by atoms with Crippen LogP contribution in [0.5, 0.6) is 0 Å². The molecule has 3 aliphatic rings. The molecule has 32 heavy (non-hydrogen) atoms. The van der Waals surface area contributed by atoms with Gasteiger partial charge in [0, 0.05) is 12.1 Å². The Morgan fingerprint density at radius 1 is 1.12 bits per heavy atom. The molecule has 1 aliphatic carbocycles. The predicted molar refractivity (Wildman–Crippen MR) is 111 cm³/mol. The first-order chi connectivity index (χ1) is 15.1. The molecule has 1 saturated carbocycles. The lowest BCUT2D eigenvalue weighted by Crippen LogP contribution is -2.68. The number of nitrogens with one attached hydrogen (secondary N) is 1. The van der Waals surface area contributed by atoms with Crippen LogP contribution in [0.1, 0.15) is 19.8 Å². The molecule has 3 rings (SSSR count). The molecule has 2 fully saturated rings. The largest absolute Gasteiger partial charge is 0.462 e. The van der Waals surface area contributed by atoms with E-state index in [4.69, 9.17) is 41.4 Å². The number of allylic oxidation sites excluding steroid dienone is 1. The van der Waals surface area contributed by atoms with Gasteiger partial charge in [-0.15, -0.1) is 0 Å². The van der Waals surface area contributed by atoms with Crippen LogP contribution in [0.25, 0.3) is 0 Å². The SMILES string of the molecule is CN[C@@H]1[C@@H](O)[C@@H](O[C@@H]2[C@@H](O)[C@H](O[C@H]3OC(/C=N\O)=CC[C@H]3N)[C@@H](N)C[C@H]2N)OC[C@]1(C)O. The third-order valence-corrected chi connectivity index (χ3v) is 6.16. The maximum Gasteiger partial charge on any atom is 0.215 e. The Morgan fingerprint density at radius 2 is 1.75 bits per heavy atom. The molecule has 184 valence electrons. The fourth-order valence-corrected chi connectivity index (χ4v) is 4.42. The number of likely N-dealkylation sites (N-methyl/N-ethyl adjacent to an activating group) is 1. The molecule has 0 unspecified atom stereocenters. The van der Waals surface area contributed by atoms with E-state index in [1.54, 1.807) is 13.1 Å². The van der Waals surface area contributed by atoms with E-state index in [-0.39, 0.29) is 18.8 Å². The van der Waals surface area contributed by atoms with E-state index >= 15 is 0 Å². The Balaban J connectivity index is 1.70. The Bertz CT molecular complexity index is 695. The first kappa shape index (κ1) is 25.2. The summed E-state index contributed by atoms with van der Waals surface area (Å²) in [7, 11) is 1.60. The van der Waals surface area contributed by atoms with Crippen LogP contribution in [0.3, 0.4) is 0 Å². The van der Waals surface area contributed by atoms with Crippen molar-refractivity contribution in [3.05, 3.63) is 11.8 Å². The van der Waals surface area contributed by atoms with Gasteiger partial charge in [-0.3, -0.25) is 0 Å². The number of aliphatic hydroxyl groups is 3. The summed E-state index contributed by atoms with van der Waals surface area (Å²) in [5.41, 5.74) is 17.1. The number of rotatable bonds is 6. The molecule has 2 aliphatic heterocycles. The van der Waals surface area contributed by atoms with Crippen LogP contribution in [-0.4, -0.2) is 107 Å².